The van der Waals surface area contributed by atoms with Crippen LogP contribution in [0.25, 0.3) is 0 Å². The molecule has 84 valence electrons. The van der Waals surface area contributed by atoms with E-state index in [4.69, 9.17) is 16.3 Å². The number of rotatable bonds is 2. The highest BCUT2D eigenvalue weighted by Gasteiger charge is 2.08. The Balaban J connectivity index is 2.27. The Morgan fingerprint density at radius 3 is 2.81 bits per heavy atom. The highest BCUT2D eigenvalue weighted by atomic mass is 79.9. The maximum atomic E-state index is 12.9. The van der Waals surface area contributed by atoms with E-state index in [0.29, 0.717) is 10.5 Å². The first-order chi connectivity index (χ1) is 7.56. The molecule has 0 N–H and O–H groups in total. The van der Waals surface area contributed by atoms with Crippen molar-refractivity contribution in [1.29, 1.82) is 0 Å². The van der Waals surface area contributed by atoms with Crippen LogP contribution in [0.1, 0.15) is 0 Å². The molecule has 0 aliphatic carbocycles. The van der Waals surface area contributed by atoms with Crippen molar-refractivity contribution in [1.82, 2.24) is 14.8 Å². The average Bonchev–Trinajstić information content (AvgIpc) is 2.51. The molecule has 1 aromatic heterocycles. The number of benzene rings is 1. The van der Waals surface area contributed by atoms with Gasteiger partial charge >= 0.3 is 6.01 Å². The quantitative estimate of drug-likeness (QED) is 0.855. The highest BCUT2D eigenvalue weighted by Crippen LogP contribution is 2.25. The fourth-order valence-corrected chi connectivity index (χ4v) is 1.63. The maximum Gasteiger partial charge on any atom is 0.321 e. The van der Waals surface area contributed by atoms with Crippen LogP contribution in [-0.2, 0) is 7.05 Å². The fraction of sp³-hybridized carbons (Fsp3) is 0.111. The Morgan fingerprint density at radius 2 is 2.25 bits per heavy atom. The normalized spacial score (nSPS) is 10.5. The van der Waals surface area contributed by atoms with Gasteiger partial charge in [0, 0.05) is 13.1 Å². The highest BCUT2D eigenvalue weighted by molar-refractivity contribution is 9.10. The van der Waals surface area contributed by atoms with E-state index >= 15 is 0 Å². The van der Waals surface area contributed by atoms with Crippen molar-refractivity contribution in [2.24, 2.45) is 7.05 Å². The minimum atomic E-state index is -0.492. The lowest BCUT2D eigenvalue weighted by molar-refractivity contribution is 0.414. The number of aryl methyl sites for hydroxylation is 1. The molecule has 0 unspecified atom stereocenters. The second-order valence-electron chi connectivity index (χ2n) is 2.96. The largest absolute Gasteiger partial charge is 0.424 e. The van der Waals surface area contributed by atoms with E-state index in [1.165, 1.54) is 22.9 Å². The summed E-state index contributed by atoms with van der Waals surface area (Å²) in [7, 11) is 1.68. The summed E-state index contributed by atoms with van der Waals surface area (Å²) in [6.07, 6.45) is 0. The van der Waals surface area contributed by atoms with Gasteiger partial charge in [-0.3, -0.25) is 0 Å². The van der Waals surface area contributed by atoms with Crippen LogP contribution in [-0.4, -0.2) is 14.8 Å². The van der Waals surface area contributed by atoms with E-state index in [1.807, 2.05) is 0 Å². The Bertz CT molecular complexity index is 531. The average molecular weight is 307 g/mol. The number of nitrogens with zero attached hydrogens (tertiary/aromatic N) is 3. The molecule has 2 aromatic rings. The van der Waals surface area contributed by atoms with E-state index in [2.05, 4.69) is 26.0 Å². The summed E-state index contributed by atoms with van der Waals surface area (Å²) in [5.74, 6) is -0.0948. The lowest BCUT2D eigenvalue weighted by Crippen LogP contribution is -1.96. The molecule has 0 spiro atoms. The molecule has 0 aliphatic rings. The van der Waals surface area contributed by atoms with Crippen LogP contribution < -0.4 is 4.74 Å². The second kappa shape index (κ2) is 4.39. The molecule has 1 heterocycles. The number of hydrogen-bond donors (Lipinski definition) is 0. The first kappa shape index (κ1) is 11.3. The van der Waals surface area contributed by atoms with Crippen LogP contribution >= 0.6 is 27.5 Å². The van der Waals surface area contributed by atoms with Crippen LogP contribution in [0.5, 0.6) is 11.8 Å². The van der Waals surface area contributed by atoms with Crippen LogP contribution in [0.2, 0.25) is 5.02 Å². The molecule has 0 radical (unpaired) electrons. The molecular weight excluding hydrogens is 300 g/mol. The van der Waals surface area contributed by atoms with E-state index in [9.17, 15) is 4.39 Å². The van der Waals surface area contributed by atoms with Gasteiger partial charge in [0.05, 0.1) is 5.02 Å². The van der Waals surface area contributed by atoms with Gasteiger partial charge in [-0.2, -0.15) is 4.98 Å². The minimum Gasteiger partial charge on any atom is -0.424 e. The zero-order chi connectivity index (χ0) is 11.7. The van der Waals surface area contributed by atoms with E-state index in [-0.39, 0.29) is 11.0 Å². The summed E-state index contributed by atoms with van der Waals surface area (Å²) in [4.78, 5) is 3.97. The van der Waals surface area contributed by atoms with Crippen molar-refractivity contribution in [3.63, 3.8) is 0 Å². The van der Waals surface area contributed by atoms with Crippen molar-refractivity contribution in [3.8, 4) is 11.8 Å². The molecular formula is C9H6BrClFN3O. The molecule has 0 aliphatic heterocycles. The summed E-state index contributed by atoms with van der Waals surface area (Å²) in [5.41, 5.74) is 0. The predicted octanol–water partition coefficient (Wildman–Crippen LogP) is 3.16. The van der Waals surface area contributed by atoms with Crippen LogP contribution in [0.15, 0.2) is 22.9 Å². The SMILES string of the molecule is Cn1nc(Br)nc1Oc1ccc(F)c(Cl)c1. The molecule has 0 atom stereocenters. The van der Waals surface area contributed by atoms with Crippen molar-refractivity contribution >= 4 is 27.5 Å². The van der Waals surface area contributed by atoms with Crippen LogP contribution in [0.3, 0.4) is 0 Å². The lowest BCUT2D eigenvalue weighted by Gasteiger charge is -2.03. The van der Waals surface area contributed by atoms with Gasteiger partial charge in [-0.25, -0.2) is 9.07 Å². The zero-order valence-electron chi connectivity index (χ0n) is 8.12. The summed E-state index contributed by atoms with van der Waals surface area (Å²) < 4.78 is 20.1. The standard InChI is InChI=1S/C9H6BrClFN3O/c1-15-9(13-8(10)14-15)16-5-2-3-7(12)6(11)4-5/h2-4H,1H3. The van der Waals surface area contributed by atoms with Gasteiger partial charge in [-0.1, -0.05) is 11.6 Å². The summed E-state index contributed by atoms with van der Waals surface area (Å²) >= 11 is 8.73. The number of hydrogen-bond acceptors (Lipinski definition) is 3. The topological polar surface area (TPSA) is 39.9 Å². The van der Waals surface area contributed by atoms with Gasteiger partial charge in [0.15, 0.2) is 0 Å². The smallest absolute Gasteiger partial charge is 0.321 e. The molecule has 2 rings (SSSR count). The number of ether oxygens (including phenoxy) is 1. The monoisotopic (exact) mass is 305 g/mol. The predicted molar refractivity (Wildman–Crippen MR) is 60.2 cm³/mol. The van der Waals surface area contributed by atoms with Gasteiger partial charge in [-0.05, 0) is 28.1 Å². The molecule has 0 fully saturated rings. The molecule has 0 saturated carbocycles. The summed E-state index contributed by atoms with van der Waals surface area (Å²) in [5, 5.41) is 3.94. The third kappa shape index (κ3) is 2.33. The first-order valence-corrected chi connectivity index (χ1v) is 5.43. The molecule has 4 nitrogen and oxygen atoms in total. The van der Waals surface area contributed by atoms with E-state index in [1.54, 1.807) is 7.05 Å². The minimum absolute atomic E-state index is 0.00117. The van der Waals surface area contributed by atoms with E-state index < -0.39 is 5.82 Å². The van der Waals surface area contributed by atoms with Gasteiger partial charge in [0.25, 0.3) is 0 Å². The van der Waals surface area contributed by atoms with Gasteiger partial charge < -0.3 is 4.74 Å². The Kier molecular flexibility index (Phi) is 3.11. The van der Waals surface area contributed by atoms with Crippen LogP contribution in [0, 0.1) is 5.82 Å². The Hall–Kier alpha value is -1.14. The number of halogens is 3. The molecule has 1 aromatic carbocycles. The first-order valence-electron chi connectivity index (χ1n) is 4.25. The lowest BCUT2D eigenvalue weighted by atomic mass is 10.3. The third-order valence-electron chi connectivity index (χ3n) is 1.80. The Morgan fingerprint density at radius 1 is 1.50 bits per heavy atom. The maximum absolute atomic E-state index is 12.9. The van der Waals surface area contributed by atoms with E-state index in [0.717, 1.165) is 0 Å². The second-order valence-corrected chi connectivity index (χ2v) is 4.08. The van der Waals surface area contributed by atoms with Crippen molar-refractivity contribution in [2.75, 3.05) is 0 Å². The van der Waals surface area contributed by atoms with Crippen molar-refractivity contribution < 1.29 is 9.13 Å². The summed E-state index contributed by atoms with van der Waals surface area (Å²) in [6.45, 7) is 0. The zero-order valence-corrected chi connectivity index (χ0v) is 10.5. The Labute approximate surface area is 104 Å². The van der Waals surface area contributed by atoms with Gasteiger partial charge in [0.1, 0.15) is 11.6 Å². The van der Waals surface area contributed by atoms with Crippen LogP contribution in [0.4, 0.5) is 4.39 Å². The molecule has 7 heteroatoms. The summed E-state index contributed by atoms with van der Waals surface area (Å²) in [6, 6.07) is 4.35. The van der Waals surface area contributed by atoms with Gasteiger partial charge in [0.2, 0.25) is 4.73 Å². The molecule has 0 amide bonds. The van der Waals surface area contributed by atoms with Crippen molar-refractivity contribution in [3.05, 3.63) is 33.8 Å². The number of aromatic nitrogens is 3. The fourth-order valence-electron chi connectivity index (χ4n) is 1.07. The third-order valence-corrected chi connectivity index (χ3v) is 2.42. The molecule has 0 bridgehead atoms. The van der Waals surface area contributed by atoms with Crippen molar-refractivity contribution in [2.45, 2.75) is 0 Å². The van der Waals surface area contributed by atoms with Gasteiger partial charge in [-0.15, -0.1) is 5.10 Å². The molecule has 16 heavy (non-hydrogen) atoms. The molecule has 0 saturated heterocycles.